The Hall–Kier alpha value is -3.67. The molecule has 0 atom stereocenters. The van der Waals surface area contributed by atoms with Crippen molar-refractivity contribution in [2.75, 3.05) is 7.11 Å². The Balaban J connectivity index is 1.64. The van der Waals surface area contributed by atoms with Gasteiger partial charge in [0.05, 0.1) is 12.7 Å². The summed E-state index contributed by atoms with van der Waals surface area (Å²) in [6.45, 7) is 0. The highest BCUT2D eigenvalue weighted by atomic mass is 16.5. The second-order valence-corrected chi connectivity index (χ2v) is 5.42. The number of pyridine rings is 1. The Morgan fingerprint density at radius 1 is 0.808 bits per heavy atom. The van der Waals surface area contributed by atoms with E-state index in [-0.39, 0.29) is 0 Å². The van der Waals surface area contributed by atoms with E-state index in [9.17, 15) is 9.59 Å². The molecule has 1 heterocycles. The summed E-state index contributed by atoms with van der Waals surface area (Å²) in [7, 11) is 1.48. The van der Waals surface area contributed by atoms with Gasteiger partial charge < -0.3 is 4.74 Å². The van der Waals surface area contributed by atoms with Crippen molar-refractivity contribution in [2.45, 2.75) is 0 Å². The summed E-state index contributed by atoms with van der Waals surface area (Å²) < 4.78 is 5.14. The number of rotatable bonds is 4. The number of methoxy groups -OCH3 is 1. The van der Waals surface area contributed by atoms with Crippen LogP contribution in [0.5, 0.6) is 5.75 Å². The van der Waals surface area contributed by atoms with E-state index in [2.05, 4.69) is 15.8 Å². The molecule has 6 heteroatoms. The Morgan fingerprint density at radius 3 is 2.12 bits per heavy atom. The minimum Gasteiger partial charge on any atom is -0.496 e. The van der Waals surface area contributed by atoms with Crippen LogP contribution in [0, 0.1) is 0 Å². The molecule has 0 saturated heterocycles. The molecule has 0 aliphatic heterocycles. The SMILES string of the molecule is COc1ccccc1C(=O)NNC(=O)c1ccc(-c2ccncc2)cc1. The lowest BCUT2D eigenvalue weighted by Gasteiger charge is -2.10. The standard InChI is InChI=1S/C20H17N3O3/c1-26-18-5-3-2-4-17(18)20(25)23-22-19(24)16-8-6-14(7-9-16)15-10-12-21-13-11-15/h2-13H,1H3,(H,22,24)(H,23,25). The average molecular weight is 347 g/mol. The number of nitrogens with one attached hydrogen (secondary N) is 2. The lowest BCUT2D eigenvalue weighted by Crippen LogP contribution is -2.41. The molecule has 6 nitrogen and oxygen atoms in total. The molecule has 26 heavy (non-hydrogen) atoms. The van der Waals surface area contributed by atoms with Gasteiger partial charge in [-0.1, -0.05) is 24.3 Å². The zero-order valence-electron chi connectivity index (χ0n) is 14.1. The van der Waals surface area contributed by atoms with Gasteiger partial charge in [-0.15, -0.1) is 0 Å². The highest BCUT2D eigenvalue weighted by Gasteiger charge is 2.13. The zero-order chi connectivity index (χ0) is 18.4. The number of para-hydroxylation sites is 1. The maximum absolute atomic E-state index is 12.2. The van der Waals surface area contributed by atoms with Crippen LogP contribution in [-0.4, -0.2) is 23.9 Å². The van der Waals surface area contributed by atoms with Crippen LogP contribution in [0.3, 0.4) is 0 Å². The predicted molar refractivity (Wildman–Crippen MR) is 97.6 cm³/mol. The number of hydrazine groups is 1. The van der Waals surface area contributed by atoms with Gasteiger partial charge in [-0.25, -0.2) is 0 Å². The highest BCUT2D eigenvalue weighted by Crippen LogP contribution is 2.19. The van der Waals surface area contributed by atoms with Gasteiger partial charge in [-0.3, -0.25) is 25.4 Å². The summed E-state index contributed by atoms with van der Waals surface area (Å²) in [5, 5.41) is 0. The molecule has 3 rings (SSSR count). The first kappa shape index (κ1) is 17.2. The van der Waals surface area contributed by atoms with E-state index in [4.69, 9.17) is 4.74 Å². The molecule has 2 amide bonds. The van der Waals surface area contributed by atoms with Gasteiger partial charge in [0.2, 0.25) is 0 Å². The molecule has 0 aliphatic carbocycles. The molecule has 3 aromatic rings. The number of ether oxygens (including phenoxy) is 1. The van der Waals surface area contributed by atoms with Crippen molar-refractivity contribution in [3.8, 4) is 16.9 Å². The lowest BCUT2D eigenvalue weighted by molar-refractivity contribution is 0.0845. The van der Waals surface area contributed by atoms with Crippen LogP contribution >= 0.6 is 0 Å². The van der Waals surface area contributed by atoms with E-state index in [1.54, 1.807) is 48.8 Å². The summed E-state index contributed by atoms with van der Waals surface area (Å²) >= 11 is 0. The highest BCUT2D eigenvalue weighted by molar-refractivity contribution is 6.00. The fourth-order valence-electron chi connectivity index (χ4n) is 2.44. The predicted octanol–water partition coefficient (Wildman–Crippen LogP) is 2.83. The van der Waals surface area contributed by atoms with Gasteiger partial charge in [-0.2, -0.15) is 0 Å². The van der Waals surface area contributed by atoms with Crippen molar-refractivity contribution < 1.29 is 14.3 Å². The van der Waals surface area contributed by atoms with Gasteiger partial charge in [0.15, 0.2) is 0 Å². The summed E-state index contributed by atoms with van der Waals surface area (Å²) in [4.78, 5) is 28.4. The van der Waals surface area contributed by atoms with Gasteiger partial charge in [0, 0.05) is 18.0 Å². The van der Waals surface area contributed by atoms with Crippen molar-refractivity contribution in [1.82, 2.24) is 15.8 Å². The van der Waals surface area contributed by atoms with Crippen molar-refractivity contribution in [2.24, 2.45) is 0 Å². The van der Waals surface area contributed by atoms with Crippen LogP contribution in [0.25, 0.3) is 11.1 Å². The molecule has 0 aliphatic rings. The maximum Gasteiger partial charge on any atom is 0.273 e. The fraction of sp³-hybridized carbons (Fsp3) is 0.0500. The van der Waals surface area contributed by atoms with E-state index in [0.717, 1.165) is 11.1 Å². The van der Waals surface area contributed by atoms with Crippen molar-refractivity contribution in [1.29, 1.82) is 0 Å². The number of carbonyl (C=O) groups excluding carboxylic acids is 2. The molecule has 0 saturated carbocycles. The topological polar surface area (TPSA) is 80.3 Å². The summed E-state index contributed by atoms with van der Waals surface area (Å²) in [6, 6.07) is 17.6. The molecular formula is C20H17N3O3. The van der Waals surface area contributed by atoms with Crippen molar-refractivity contribution >= 4 is 11.8 Å². The first-order chi connectivity index (χ1) is 12.7. The summed E-state index contributed by atoms with van der Waals surface area (Å²) in [5.74, 6) is -0.431. The third-order valence-corrected chi connectivity index (χ3v) is 3.80. The first-order valence-corrected chi connectivity index (χ1v) is 7.93. The van der Waals surface area contributed by atoms with Crippen LogP contribution in [0.4, 0.5) is 0 Å². The molecule has 0 radical (unpaired) electrons. The summed E-state index contributed by atoms with van der Waals surface area (Å²) in [6.07, 6.45) is 3.42. The second kappa shape index (κ2) is 7.94. The van der Waals surface area contributed by atoms with Gasteiger partial charge >= 0.3 is 0 Å². The number of benzene rings is 2. The Morgan fingerprint density at radius 2 is 1.42 bits per heavy atom. The summed E-state index contributed by atoms with van der Waals surface area (Å²) in [5.41, 5.74) is 7.55. The minimum absolute atomic E-state index is 0.336. The normalized spacial score (nSPS) is 10.0. The smallest absolute Gasteiger partial charge is 0.273 e. The third-order valence-electron chi connectivity index (χ3n) is 3.80. The maximum atomic E-state index is 12.2. The van der Waals surface area contributed by atoms with Gasteiger partial charge in [0.1, 0.15) is 5.75 Å². The van der Waals surface area contributed by atoms with E-state index >= 15 is 0 Å². The fourth-order valence-corrected chi connectivity index (χ4v) is 2.44. The Kier molecular flexibility index (Phi) is 5.24. The van der Waals surface area contributed by atoms with Crippen LogP contribution in [0.15, 0.2) is 73.1 Å². The molecule has 1 aromatic heterocycles. The van der Waals surface area contributed by atoms with Gasteiger partial charge in [0.25, 0.3) is 11.8 Å². The lowest BCUT2D eigenvalue weighted by atomic mass is 10.1. The number of hydrogen-bond acceptors (Lipinski definition) is 4. The number of nitrogens with zero attached hydrogens (tertiary/aromatic N) is 1. The zero-order valence-corrected chi connectivity index (χ0v) is 14.1. The Labute approximate surface area is 150 Å². The third kappa shape index (κ3) is 3.87. The first-order valence-electron chi connectivity index (χ1n) is 7.93. The number of carbonyl (C=O) groups is 2. The monoisotopic (exact) mass is 347 g/mol. The number of aromatic nitrogens is 1. The van der Waals surface area contributed by atoms with Crippen LogP contribution < -0.4 is 15.6 Å². The molecule has 130 valence electrons. The van der Waals surface area contributed by atoms with E-state index in [0.29, 0.717) is 16.9 Å². The number of amides is 2. The average Bonchev–Trinajstić information content (AvgIpc) is 2.72. The second-order valence-electron chi connectivity index (χ2n) is 5.42. The van der Waals surface area contributed by atoms with Gasteiger partial charge in [-0.05, 0) is 47.5 Å². The largest absolute Gasteiger partial charge is 0.496 e. The molecule has 0 bridgehead atoms. The van der Waals surface area contributed by atoms with Crippen molar-refractivity contribution in [3.63, 3.8) is 0 Å². The minimum atomic E-state index is -0.454. The van der Waals surface area contributed by atoms with E-state index in [1.807, 2.05) is 24.3 Å². The molecule has 0 spiro atoms. The van der Waals surface area contributed by atoms with E-state index in [1.165, 1.54) is 7.11 Å². The van der Waals surface area contributed by atoms with E-state index < -0.39 is 11.8 Å². The molecule has 2 N–H and O–H groups in total. The molecule has 0 fully saturated rings. The van der Waals surface area contributed by atoms with Crippen LogP contribution in [0.2, 0.25) is 0 Å². The Bertz CT molecular complexity index is 909. The molecule has 2 aromatic carbocycles. The molecule has 0 unspecified atom stereocenters. The van der Waals surface area contributed by atoms with Crippen LogP contribution in [0.1, 0.15) is 20.7 Å². The number of hydrogen-bond donors (Lipinski definition) is 2. The van der Waals surface area contributed by atoms with Crippen LogP contribution in [-0.2, 0) is 0 Å². The molecular weight excluding hydrogens is 330 g/mol. The quantitative estimate of drug-likeness (QED) is 0.711. The van der Waals surface area contributed by atoms with Crippen molar-refractivity contribution in [3.05, 3.63) is 84.2 Å².